The summed E-state index contributed by atoms with van der Waals surface area (Å²) in [5, 5.41) is 13.0. The molecule has 21 heavy (non-hydrogen) atoms. The van der Waals surface area contributed by atoms with Crippen molar-refractivity contribution < 1.29 is 9.90 Å². The van der Waals surface area contributed by atoms with E-state index in [0.717, 1.165) is 12.8 Å². The van der Waals surface area contributed by atoms with Crippen molar-refractivity contribution in [1.29, 1.82) is 0 Å². The van der Waals surface area contributed by atoms with Crippen molar-refractivity contribution in [2.24, 2.45) is 5.10 Å². The smallest absolute Gasteiger partial charge is 0.271 e. The number of phenolic OH excluding ortho intramolecular Hbond substituents is 1. The molecule has 4 heteroatoms. The van der Waals surface area contributed by atoms with Crippen LogP contribution < -0.4 is 5.43 Å². The van der Waals surface area contributed by atoms with E-state index in [9.17, 15) is 4.79 Å². The fourth-order valence-corrected chi connectivity index (χ4v) is 1.61. The van der Waals surface area contributed by atoms with Crippen LogP contribution in [0.25, 0.3) is 0 Å². The highest BCUT2D eigenvalue weighted by atomic mass is 16.3. The Balaban J connectivity index is 2.41. The normalized spacial score (nSPS) is 11.5. The molecule has 0 aliphatic heterocycles. The molecule has 2 N–H and O–H groups in total. The topological polar surface area (TPSA) is 61.7 Å². The number of nitrogens with zero attached hydrogens (tertiary/aromatic N) is 1. The van der Waals surface area contributed by atoms with Gasteiger partial charge in [0.05, 0.1) is 0 Å². The monoisotopic (exact) mass is 286 g/mol. The Morgan fingerprint density at radius 3 is 2.52 bits per heavy atom. The molecule has 1 aromatic rings. The maximum absolute atomic E-state index is 11.7. The van der Waals surface area contributed by atoms with E-state index in [1.807, 2.05) is 13.0 Å². The van der Waals surface area contributed by atoms with Crippen LogP contribution in [0.2, 0.25) is 0 Å². The van der Waals surface area contributed by atoms with Crippen molar-refractivity contribution in [3.63, 3.8) is 0 Å². The first-order chi connectivity index (χ1) is 9.99. The molecule has 0 aliphatic rings. The number of amides is 1. The van der Waals surface area contributed by atoms with Gasteiger partial charge in [0, 0.05) is 11.8 Å². The summed E-state index contributed by atoms with van der Waals surface area (Å²) in [6, 6.07) is 6.01. The molecule has 1 amide bonds. The fourth-order valence-electron chi connectivity index (χ4n) is 1.61. The number of hydrogen-bond donors (Lipinski definition) is 2. The molecule has 0 radical (unpaired) electrons. The first-order valence-electron chi connectivity index (χ1n) is 6.90. The van der Waals surface area contributed by atoms with Crippen molar-refractivity contribution in [2.75, 3.05) is 0 Å². The highest BCUT2D eigenvalue weighted by Crippen LogP contribution is 2.09. The molecule has 0 spiro atoms. The largest absolute Gasteiger partial charge is 0.508 e. The van der Waals surface area contributed by atoms with Crippen LogP contribution in [-0.4, -0.2) is 17.2 Å². The van der Waals surface area contributed by atoms with Gasteiger partial charge in [-0.05, 0) is 64.0 Å². The lowest BCUT2D eigenvalue weighted by molar-refractivity contribution is 0.0955. The Morgan fingerprint density at radius 1 is 1.24 bits per heavy atom. The Labute approximate surface area is 125 Å². The number of allylic oxidation sites excluding steroid dienone is 4. The van der Waals surface area contributed by atoms with Crippen LogP contribution in [-0.2, 0) is 0 Å². The zero-order valence-corrected chi connectivity index (χ0v) is 12.8. The van der Waals surface area contributed by atoms with Crippen LogP contribution in [0.3, 0.4) is 0 Å². The van der Waals surface area contributed by atoms with Crippen molar-refractivity contribution in [3.8, 4) is 5.75 Å². The van der Waals surface area contributed by atoms with Crippen LogP contribution in [0.5, 0.6) is 5.75 Å². The number of aromatic hydroxyl groups is 1. The van der Waals surface area contributed by atoms with Gasteiger partial charge in [-0.2, -0.15) is 5.10 Å². The molecule has 112 valence electrons. The van der Waals surface area contributed by atoms with Gasteiger partial charge in [-0.1, -0.05) is 17.2 Å². The Morgan fingerprint density at radius 2 is 1.90 bits per heavy atom. The van der Waals surface area contributed by atoms with Gasteiger partial charge in [-0.15, -0.1) is 0 Å². The summed E-state index contributed by atoms with van der Waals surface area (Å²) in [7, 11) is 0. The molecular formula is C17H22N2O2. The summed E-state index contributed by atoms with van der Waals surface area (Å²) >= 11 is 0. The van der Waals surface area contributed by atoms with Gasteiger partial charge in [0.1, 0.15) is 5.75 Å². The average molecular weight is 286 g/mol. The van der Waals surface area contributed by atoms with E-state index < -0.39 is 0 Å². The molecule has 1 rings (SSSR count). The van der Waals surface area contributed by atoms with E-state index in [4.69, 9.17) is 5.11 Å². The highest BCUT2D eigenvalue weighted by molar-refractivity contribution is 5.94. The van der Waals surface area contributed by atoms with Crippen LogP contribution in [0.4, 0.5) is 0 Å². The van der Waals surface area contributed by atoms with Crippen molar-refractivity contribution >= 4 is 12.1 Å². The third-order valence-electron chi connectivity index (χ3n) is 2.82. The van der Waals surface area contributed by atoms with Crippen molar-refractivity contribution in [1.82, 2.24) is 5.43 Å². The maximum atomic E-state index is 11.7. The molecular weight excluding hydrogens is 264 g/mol. The summed E-state index contributed by atoms with van der Waals surface area (Å²) in [6.45, 7) is 6.20. The van der Waals surface area contributed by atoms with Crippen LogP contribution in [0.1, 0.15) is 44.0 Å². The maximum Gasteiger partial charge on any atom is 0.271 e. The minimum absolute atomic E-state index is 0.130. The predicted molar refractivity (Wildman–Crippen MR) is 86.5 cm³/mol. The molecule has 0 atom stereocenters. The quantitative estimate of drug-likeness (QED) is 0.474. The van der Waals surface area contributed by atoms with E-state index in [2.05, 4.69) is 30.5 Å². The summed E-state index contributed by atoms with van der Waals surface area (Å²) < 4.78 is 0. The molecule has 0 unspecified atom stereocenters. The summed E-state index contributed by atoms with van der Waals surface area (Å²) in [5.74, 6) is -0.174. The van der Waals surface area contributed by atoms with E-state index in [-0.39, 0.29) is 11.7 Å². The molecule has 0 saturated carbocycles. The molecule has 0 aromatic heterocycles. The van der Waals surface area contributed by atoms with Gasteiger partial charge in [0.25, 0.3) is 5.91 Å². The molecule has 0 fully saturated rings. The van der Waals surface area contributed by atoms with Gasteiger partial charge in [0.15, 0.2) is 0 Å². The number of carbonyl (C=O) groups is 1. The van der Waals surface area contributed by atoms with Gasteiger partial charge in [-0.25, -0.2) is 5.43 Å². The Bertz CT molecular complexity index is 551. The van der Waals surface area contributed by atoms with Crippen molar-refractivity contribution in [3.05, 3.63) is 53.1 Å². The third-order valence-corrected chi connectivity index (χ3v) is 2.82. The Kier molecular flexibility index (Phi) is 6.95. The molecule has 4 nitrogen and oxygen atoms in total. The lowest BCUT2D eigenvalue weighted by Crippen LogP contribution is -2.17. The van der Waals surface area contributed by atoms with Crippen molar-refractivity contribution in [2.45, 2.75) is 33.6 Å². The number of benzene rings is 1. The lowest BCUT2D eigenvalue weighted by Gasteiger charge is -1.99. The Hall–Kier alpha value is -2.36. The molecule has 0 bridgehead atoms. The minimum Gasteiger partial charge on any atom is -0.508 e. The second-order valence-electron chi connectivity index (χ2n) is 5.10. The second kappa shape index (κ2) is 8.74. The zero-order chi connectivity index (χ0) is 15.7. The van der Waals surface area contributed by atoms with E-state index >= 15 is 0 Å². The van der Waals surface area contributed by atoms with Gasteiger partial charge in [0.2, 0.25) is 0 Å². The number of carbonyl (C=O) groups excluding carboxylic acids is 1. The minimum atomic E-state index is -0.304. The number of hydrazone groups is 1. The highest BCUT2D eigenvalue weighted by Gasteiger charge is 2.02. The SMILES string of the molecule is CC(C)=CCC/C(C)=C/C=N/NC(=O)c1ccc(O)cc1. The third kappa shape index (κ3) is 7.11. The first kappa shape index (κ1) is 16.7. The number of nitrogens with one attached hydrogen (secondary N) is 1. The van der Waals surface area contributed by atoms with Gasteiger partial charge in [-0.3, -0.25) is 4.79 Å². The van der Waals surface area contributed by atoms with Gasteiger partial charge < -0.3 is 5.11 Å². The van der Waals surface area contributed by atoms with Crippen LogP contribution >= 0.6 is 0 Å². The average Bonchev–Trinajstić information content (AvgIpc) is 2.43. The van der Waals surface area contributed by atoms with E-state index in [1.54, 1.807) is 18.3 Å². The second-order valence-corrected chi connectivity index (χ2v) is 5.10. The molecule has 1 aromatic carbocycles. The van der Waals surface area contributed by atoms with Gasteiger partial charge >= 0.3 is 0 Å². The van der Waals surface area contributed by atoms with E-state index in [0.29, 0.717) is 5.56 Å². The zero-order valence-electron chi connectivity index (χ0n) is 12.8. The van der Waals surface area contributed by atoms with E-state index in [1.165, 1.54) is 23.3 Å². The number of phenols is 1. The van der Waals surface area contributed by atoms with Crippen LogP contribution in [0, 0.1) is 0 Å². The summed E-state index contributed by atoms with van der Waals surface area (Å²) in [5.41, 5.74) is 5.41. The fraction of sp³-hybridized carbons (Fsp3) is 0.294. The number of rotatable bonds is 6. The molecule has 0 saturated heterocycles. The van der Waals surface area contributed by atoms with Crippen LogP contribution in [0.15, 0.2) is 52.7 Å². The summed E-state index contributed by atoms with van der Waals surface area (Å²) in [6.07, 6.45) is 7.65. The summed E-state index contributed by atoms with van der Waals surface area (Å²) in [4.78, 5) is 11.7. The molecule has 0 heterocycles. The molecule has 0 aliphatic carbocycles. The first-order valence-corrected chi connectivity index (χ1v) is 6.90. The lowest BCUT2D eigenvalue weighted by atomic mass is 10.1. The standard InChI is InChI=1S/C17H22N2O2/c1-13(2)5-4-6-14(3)11-12-18-19-17(21)15-7-9-16(20)10-8-15/h5,7-12,20H,4,6H2,1-3H3,(H,19,21)/b14-11+,18-12+. The predicted octanol–water partition coefficient (Wildman–Crippen LogP) is 3.80. The number of hydrogen-bond acceptors (Lipinski definition) is 3.